The van der Waals surface area contributed by atoms with E-state index in [1.807, 2.05) is 24.9 Å². The number of nitrogens with zero attached hydrogens (tertiary/aromatic N) is 2. The maximum atomic E-state index is 10.6. The molecule has 2 aromatic rings. The third kappa shape index (κ3) is 2.89. The van der Waals surface area contributed by atoms with Gasteiger partial charge in [-0.3, -0.25) is 4.79 Å². The van der Waals surface area contributed by atoms with E-state index in [-0.39, 0.29) is 6.42 Å². The first-order valence-corrected chi connectivity index (χ1v) is 6.34. The monoisotopic (exact) mass is 266 g/mol. The molecule has 2 aromatic heterocycles. The first-order valence-electron chi connectivity index (χ1n) is 5.46. The van der Waals surface area contributed by atoms with Crippen molar-refractivity contribution >= 4 is 22.4 Å². The van der Waals surface area contributed by atoms with E-state index in [1.165, 1.54) is 11.3 Å². The number of aromatic nitrogens is 1. The summed E-state index contributed by atoms with van der Waals surface area (Å²) in [4.78, 5) is 16.9. The summed E-state index contributed by atoms with van der Waals surface area (Å²) in [6.07, 6.45) is 1.63. The van der Waals surface area contributed by atoms with Gasteiger partial charge in [-0.1, -0.05) is 0 Å². The van der Waals surface area contributed by atoms with Crippen LogP contribution in [-0.2, 0) is 17.8 Å². The second-order valence-electron chi connectivity index (χ2n) is 4.05. The van der Waals surface area contributed by atoms with Crippen LogP contribution in [0.2, 0.25) is 0 Å². The van der Waals surface area contributed by atoms with Crippen molar-refractivity contribution in [1.82, 2.24) is 4.98 Å². The van der Waals surface area contributed by atoms with Gasteiger partial charge in [-0.2, -0.15) is 0 Å². The predicted molar refractivity (Wildman–Crippen MR) is 69.0 cm³/mol. The number of carboxylic acids is 1. The Morgan fingerprint density at radius 1 is 1.61 bits per heavy atom. The fourth-order valence-electron chi connectivity index (χ4n) is 1.61. The second kappa shape index (κ2) is 5.22. The molecule has 0 atom stereocenters. The van der Waals surface area contributed by atoms with Crippen molar-refractivity contribution in [2.24, 2.45) is 0 Å². The standard InChI is InChI=1S/C12H14N2O3S/c1-8-9(3-4-17-8)6-14(2)12-13-10(7-18-12)5-11(15)16/h3-4,7H,5-6H2,1-2H3,(H,15,16). The molecule has 0 aromatic carbocycles. The number of carbonyl (C=O) groups is 1. The van der Waals surface area contributed by atoms with Crippen molar-refractivity contribution in [2.45, 2.75) is 19.9 Å². The molecule has 18 heavy (non-hydrogen) atoms. The molecular formula is C12H14N2O3S. The van der Waals surface area contributed by atoms with E-state index >= 15 is 0 Å². The molecule has 96 valence electrons. The summed E-state index contributed by atoms with van der Waals surface area (Å²) in [5, 5.41) is 11.3. The van der Waals surface area contributed by atoms with E-state index in [9.17, 15) is 4.79 Å². The number of anilines is 1. The molecule has 0 saturated heterocycles. The molecule has 0 unspecified atom stereocenters. The first-order chi connectivity index (χ1) is 8.56. The van der Waals surface area contributed by atoms with E-state index in [1.54, 1.807) is 11.6 Å². The third-order valence-corrected chi connectivity index (χ3v) is 3.58. The molecule has 0 aliphatic rings. The first kappa shape index (κ1) is 12.6. The highest BCUT2D eigenvalue weighted by Crippen LogP contribution is 2.22. The van der Waals surface area contributed by atoms with Gasteiger partial charge in [0.1, 0.15) is 5.76 Å². The SMILES string of the molecule is Cc1occc1CN(C)c1nc(CC(=O)O)cs1. The molecule has 0 spiro atoms. The number of hydrogen-bond donors (Lipinski definition) is 1. The number of furan rings is 1. The molecule has 0 saturated carbocycles. The van der Waals surface area contributed by atoms with Gasteiger partial charge < -0.3 is 14.4 Å². The van der Waals surface area contributed by atoms with Crippen LogP contribution in [0.25, 0.3) is 0 Å². The highest BCUT2D eigenvalue weighted by atomic mass is 32.1. The average molecular weight is 266 g/mol. The van der Waals surface area contributed by atoms with Gasteiger partial charge >= 0.3 is 5.97 Å². The number of rotatable bonds is 5. The minimum Gasteiger partial charge on any atom is -0.481 e. The van der Waals surface area contributed by atoms with Crippen LogP contribution in [-0.4, -0.2) is 23.1 Å². The molecule has 0 radical (unpaired) electrons. The Kier molecular flexibility index (Phi) is 3.66. The Morgan fingerprint density at radius 2 is 2.39 bits per heavy atom. The number of carboxylic acid groups (broad SMARTS) is 1. The van der Waals surface area contributed by atoms with Crippen LogP contribution in [0.1, 0.15) is 17.0 Å². The lowest BCUT2D eigenvalue weighted by Crippen LogP contribution is -2.16. The third-order valence-electron chi connectivity index (χ3n) is 2.57. The zero-order chi connectivity index (χ0) is 13.1. The summed E-state index contributed by atoms with van der Waals surface area (Å²) < 4.78 is 5.24. The van der Waals surface area contributed by atoms with Crippen LogP contribution in [0.3, 0.4) is 0 Å². The van der Waals surface area contributed by atoms with Gasteiger partial charge in [-0.05, 0) is 13.0 Å². The van der Waals surface area contributed by atoms with Gasteiger partial charge in [-0.15, -0.1) is 11.3 Å². The van der Waals surface area contributed by atoms with E-state index in [4.69, 9.17) is 9.52 Å². The van der Waals surface area contributed by atoms with E-state index in [0.29, 0.717) is 12.2 Å². The van der Waals surface area contributed by atoms with E-state index in [0.717, 1.165) is 16.5 Å². The molecular weight excluding hydrogens is 252 g/mol. The Labute approximate surface area is 109 Å². The van der Waals surface area contributed by atoms with Crippen LogP contribution in [0.4, 0.5) is 5.13 Å². The quantitative estimate of drug-likeness (QED) is 0.899. The Bertz CT molecular complexity index is 547. The number of aryl methyl sites for hydroxylation is 1. The summed E-state index contributed by atoms with van der Waals surface area (Å²) in [6, 6.07) is 1.93. The molecule has 6 heteroatoms. The number of aliphatic carboxylic acids is 1. The summed E-state index contributed by atoms with van der Waals surface area (Å²) in [5.74, 6) is 0.0318. The number of hydrogen-bond acceptors (Lipinski definition) is 5. The van der Waals surface area contributed by atoms with Gasteiger partial charge in [-0.25, -0.2) is 4.98 Å². The Balaban J connectivity index is 2.05. The largest absolute Gasteiger partial charge is 0.481 e. The summed E-state index contributed by atoms with van der Waals surface area (Å²) >= 11 is 1.45. The smallest absolute Gasteiger partial charge is 0.309 e. The molecule has 2 heterocycles. The highest BCUT2D eigenvalue weighted by Gasteiger charge is 2.11. The lowest BCUT2D eigenvalue weighted by molar-refractivity contribution is -0.136. The van der Waals surface area contributed by atoms with Gasteiger partial charge in [0.2, 0.25) is 0 Å². The van der Waals surface area contributed by atoms with Crippen LogP contribution in [0, 0.1) is 6.92 Å². The summed E-state index contributed by atoms with van der Waals surface area (Å²) in [6.45, 7) is 2.61. The molecule has 1 N–H and O–H groups in total. The zero-order valence-corrected chi connectivity index (χ0v) is 11.0. The Hall–Kier alpha value is -1.82. The normalized spacial score (nSPS) is 10.6. The fraction of sp³-hybridized carbons (Fsp3) is 0.333. The molecule has 0 amide bonds. The van der Waals surface area contributed by atoms with Crippen molar-refractivity contribution < 1.29 is 14.3 Å². The summed E-state index contributed by atoms with van der Waals surface area (Å²) in [5.41, 5.74) is 1.70. The van der Waals surface area contributed by atoms with Crippen molar-refractivity contribution in [3.63, 3.8) is 0 Å². The van der Waals surface area contributed by atoms with Gasteiger partial charge in [0, 0.05) is 24.5 Å². The molecule has 5 nitrogen and oxygen atoms in total. The van der Waals surface area contributed by atoms with Crippen LogP contribution in [0.15, 0.2) is 22.1 Å². The topological polar surface area (TPSA) is 66.6 Å². The van der Waals surface area contributed by atoms with E-state index < -0.39 is 5.97 Å². The van der Waals surface area contributed by atoms with Crippen LogP contribution >= 0.6 is 11.3 Å². The Morgan fingerprint density at radius 3 is 3.00 bits per heavy atom. The van der Waals surface area contributed by atoms with Crippen molar-refractivity contribution in [3.05, 3.63) is 34.7 Å². The molecule has 0 aliphatic heterocycles. The van der Waals surface area contributed by atoms with Crippen molar-refractivity contribution in [2.75, 3.05) is 11.9 Å². The highest BCUT2D eigenvalue weighted by molar-refractivity contribution is 7.13. The minimum atomic E-state index is -0.861. The lowest BCUT2D eigenvalue weighted by Gasteiger charge is -2.14. The van der Waals surface area contributed by atoms with Crippen molar-refractivity contribution in [1.29, 1.82) is 0 Å². The second-order valence-corrected chi connectivity index (χ2v) is 4.89. The fourth-order valence-corrected chi connectivity index (χ4v) is 2.40. The van der Waals surface area contributed by atoms with Gasteiger partial charge in [0.15, 0.2) is 5.13 Å². The number of thiazole rings is 1. The minimum absolute atomic E-state index is 0.0327. The molecule has 0 aliphatic carbocycles. The van der Waals surface area contributed by atoms with E-state index in [2.05, 4.69) is 4.98 Å². The summed E-state index contributed by atoms with van der Waals surface area (Å²) in [7, 11) is 1.93. The molecule has 0 bridgehead atoms. The maximum Gasteiger partial charge on any atom is 0.309 e. The van der Waals surface area contributed by atoms with Crippen LogP contribution < -0.4 is 4.90 Å². The molecule has 0 fully saturated rings. The van der Waals surface area contributed by atoms with Gasteiger partial charge in [0.05, 0.1) is 18.4 Å². The average Bonchev–Trinajstić information content (AvgIpc) is 2.88. The predicted octanol–water partition coefficient (Wildman–Crippen LogP) is 2.31. The van der Waals surface area contributed by atoms with Crippen molar-refractivity contribution in [3.8, 4) is 0 Å². The maximum absolute atomic E-state index is 10.6. The molecule has 2 rings (SSSR count). The van der Waals surface area contributed by atoms with Crippen LogP contribution in [0.5, 0.6) is 0 Å². The lowest BCUT2D eigenvalue weighted by atomic mass is 10.2. The van der Waals surface area contributed by atoms with Gasteiger partial charge in [0.25, 0.3) is 0 Å². The zero-order valence-electron chi connectivity index (χ0n) is 10.2.